The molecule has 4 N–H and O–H groups in total. The molecule has 1 aromatic rings. The third-order valence-corrected chi connectivity index (χ3v) is 3.92. The Morgan fingerprint density at radius 2 is 2.33 bits per heavy atom. The molecule has 6 nitrogen and oxygen atoms in total. The summed E-state index contributed by atoms with van der Waals surface area (Å²) < 4.78 is 0. The monoisotopic (exact) mass is 291 g/mol. The number of aryl methyl sites for hydroxylation is 1. The molecule has 0 saturated carbocycles. The number of amides is 1. The lowest BCUT2D eigenvalue weighted by atomic mass is 9.98. The SMILES string of the molecule is CCc1cc(C(=O)NCC2CCCN(C)C2)cc(NN)n1. The second-order valence-corrected chi connectivity index (χ2v) is 5.71. The smallest absolute Gasteiger partial charge is 0.251 e. The van der Waals surface area contributed by atoms with Gasteiger partial charge in [-0.2, -0.15) is 0 Å². The first-order valence-electron chi connectivity index (χ1n) is 7.56. The summed E-state index contributed by atoms with van der Waals surface area (Å²) in [5.74, 6) is 6.40. The van der Waals surface area contributed by atoms with Crippen LogP contribution in [0.15, 0.2) is 12.1 Å². The van der Waals surface area contributed by atoms with Crippen LogP contribution in [0.25, 0.3) is 0 Å². The van der Waals surface area contributed by atoms with Gasteiger partial charge < -0.3 is 15.6 Å². The Labute approximate surface area is 126 Å². The van der Waals surface area contributed by atoms with Crippen LogP contribution in [0, 0.1) is 5.92 Å². The number of rotatable bonds is 5. The second kappa shape index (κ2) is 7.38. The van der Waals surface area contributed by atoms with Crippen LogP contribution in [0.5, 0.6) is 0 Å². The Balaban J connectivity index is 1.96. The number of carbonyl (C=O) groups excluding carboxylic acids is 1. The van der Waals surface area contributed by atoms with Crippen molar-refractivity contribution in [2.24, 2.45) is 11.8 Å². The molecule has 1 aliphatic heterocycles. The fourth-order valence-electron chi connectivity index (χ4n) is 2.75. The van der Waals surface area contributed by atoms with Crippen LogP contribution in [-0.4, -0.2) is 42.5 Å². The highest BCUT2D eigenvalue weighted by molar-refractivity contribution is 5.95. The number of nitrogens with zero attached hydrogens (tertiary/aromatic N) is 2. The van der Waals surface area contributed by atoms with Gasteiger partial charge in [-0.25, -0.2) is 10.8 Å². The predicted molar refractivity (Wildman–Crippen MR) is 84.0 cm³/mol. The fourth-order valence-corrected chi connectivity index (χ4v) is 2.75. The van der Waals surface area contributed by atoms with E-state index in [9.17, 15) is 4.79 Å². The van der Waals surface area contributed by atoms with E-state index >= 15 is 0 Å². The molecule has 2 heterocycles. The largest absolute Gasteiger partial charge is 0.352 e. The van der Waals surface area contributed by atoms with E-state index in [1.54, 1.807) is 6.07 Å². The summed E-state index contributed by atoms with van der Waals surface area (Å²) in [6, 6.07) is 3.50. The second-order valence-electron chi connectivity index (χ2n) is 5.71. The van der Waals surface area contributed by atoms with Crippen molar-refractivity contribution in [2.75, 3.05) is 32.1 Å². The normalized spacial score (nSPS) is 19.3. The van der Waals surface area contributed by atoms with Crippen LogP contribution < -0.4 is 16.6 Å². The maximum atomic E-state index is 12.3. The number of hydrazine groups is 1. The molecule has 1 aromatic heterocycles. The van der Waals surface area contributed by atoms with Gasteiger partial charge >= 0.3 is 0 Å². The standard InChI is InChI=1S/C15H25N5O/c1-3-13-7-12(8-14(18-13)19-16)15(21)17-9-11-5-4-6-20(2)10-11/h7-8,11H,3-6,9-10,16H2,1-2H3,(H,17,21)(H,18,19). The molecule has 1 saturated heterocycles. The zero-order valence-electron chi connectivity index (χ0n) is 12.9. The molecule has 0 spiro atoms. The average Bonchev–Trinajstić information content (AvgIpc) is 2.52. The number of hydrogen-bond donors (Lipinski definition) is 3. The number of hydrogen-bond acceptors (Lipinski definition) is 5. The Hall–Kier alpha value is -1.66. The number of carbonyl (C=O) groups is 1. The molecule has 0 bridgehead atoms. The average molecular weight is 291 g/mol. The van der Waals surface area contributed by atoms with Gasteiger partial charge in [0.2, 0.25) is 0 Å². The van der Waals surface area contributed by atoms with E-state index in [0.29, 0.717) is 17.3 Å². The van der Waals surface area contributed by atoms with Crippen LogP contribution in [-0.2, 0) is 6.42 Å². The third-order valence-electron chi connectivity index (χ3n) is 3.92. The maximum absolute atomic E-state index is 12.3. The van der Waals surface area contributed by atoms with Crippen molar-refractivity contribution in [2.45, 2.75) is 26.2 Å². The van der Waals surface area contributed by atoms with Crippen molar-refractivity contribution in [1.82, 2.24) is 15.2 Å². The lowest BCUT2D eigenvalue weighted by molar-refractivity contribution is 0.0936. The Kier molecular flexibility index (Phi) is 5.52. The molecular formula is C15H25N5O. The first-order chi connectivity index (χ1) is 10.1. The van der Waals surface area contributed by atoms with Crippen molar-refractivity contribution in [3.8, 4) is 0 Å². The van der Waals surface area contributed by atoms with Crippen LogP contribution >= 0.6 is 0 Å². The Bertz CT molecular complexity index is 469. The van der Waals surface area contributed by atoms with E-state index in [-0.39, 0.29) is 5.91 Å². The first kappa shape index (κ1) is 15.7. The maximum Gasteiger partial charge on any atom is 0.251 e. The van der Waals surface area contributed by atoms with Crippen LogP contribution in [0.1, 0.15) is 35.8 Å². The van der Waals surface area contributed by atoms with Crippen molar-refractivity contribution in [3.63, 3.8) is 0 Å². The topological polar surface area (TPSA) is 83.3 Å². The molecule has 1 fully saturated rings. The van der Waals surface area contributed by atoms with Gasteiger partial charge in [-0.3, -0.25) is 4.79 Å². The van der Waals surface area contributed by atoms with Crippen LogP contribution in [0.4, 0.5) is 5.82 Å². The van der Waals surface area contributed by atoms with E-state index < -0.39 is 0 Å². The van der Waals surface area contributed by atoms with Gasteiger partial charge in [0.1, 0.15) is 5.82 Å². The number of nitrogen functional groups attached to an aromatic ring is 1. The number of piperidine rings is 1. The summed E-state index contributed by atoms with van der Waals surface area (Å²) in [6.45, 7) is 4.92. The molecule has 2 rings (SSSR count). The molecule has 1 unspecified atom stereocenters. The molecule has 0 radical (unpaired) electrons. The lowest BCUT2D eigenvalue weighted by Gasteiger charge is -2.29. The minimum absolute atomic E-state index is 0.0585. The number of nitrogens with two attached hydrogens (primary N) is 1. The predicted octanol–water partition coefficient (Wildman–Crippen LogP) is 1.00. The van der Waals surface area contributed by atoms with Crippen molar-refractivity contribution in [3.05, 3.63) is 23.4 Å². The molecular weight excluding hydrogens is 266 g/mol. The zero-order chi connectivity index (χ0) is 15.2. The van der Waals surface area contributed by atoms with Crippen molar-refractivity contribution >= 4 is 11.7 Å². The van der Waals surface area contributed by atoms with E-state index in [1.165, 1.54) is 12.8 Å². The van der Waals surface area contributed by atoms with Gasteiger partial charge in [0, 0.05) is 24.3 Å². The molecule has 0 aliphatic carbocycles. The number of pyridine rings is 1. The van der Waals surface area contributed by atoms with Gasteiger partial charge in [0.05, 0.1) is 0 Å². The highest BCUT2D eigenvalue weighted by Gasteiger charge is 2.18. The van der Waals surface area contributed by atoms with E-state index in [1.807, 2.05) is 13.0 Å². The summed E-state index contributed by atoms with van der Waals surface area (Å²) in [5, 5.41) is 3.03. The Morgan fingerprint density at radius 1 is 1.52 bits per heavy atom. The van der Waals surface area contributed by atoms with Crippen molar-refractivity contribution < 1.29 is 4.79 Å². The number of aromatic nitrogens is 1. The van der Waals surface area contributed by atoms with E-state index in [4.69, 9.17) is 5.84 Å². The highest BCUT2D eigenvalue weighted by atomic mass is 16.1. The van der Waals surface area contributed by atoms with Gasteiger partial charge in [-0.1, -0.05) is 6.92 Å². The summed E-state index contributed by atoms with van der Waals surface area (Å²) >= 11 is 0. The number of nitrogens with one attached hydrogen (secondary N) is 2. The minimum Gasteiger partial charge on any atom is -0.352 e. The summed E-state index contributed by atoms with van der Waals surface area (Å²) in [4.78, 5) is 18.9. The van der Waals surface area contributed by atoms with Crippen LogP contribution in [0.2, 0.25) is 0 Å². The quantitative estimate of drug-likeness (QED) is 0.557. The molecule has 1 atom stereocenters. The molecule has 116 valence electrons. The summed E-state index contributed by atoms with van der Waals surface area (Å²) in [7, 11) is 2.13. The molecule has 1 amide bonds. The van der Waals surface area contributed by atoms with Crippen molar-refractivity contribution in [1.29, 1.82) is 0 Å². The van der Waals surface area contributed by atoms with Crippen LogP contribution in [0.3, 0.4) is 0 Å². The number of likely N-dealkylation sites (tertiary alicyclic amines) is 1. The molecule has 1 aliphatic rings. The number of anilines is 1. The van der Waals surface area contributed by atoms with Gasteiger partial charge in [0.15, 0.2) is 0 Å². The van der Waals surface area contributed by atoms with Gasteiger partial charge in [0.25, 0.3) is 5.91 Å². The first-order valence-corrected chi connectivity index (χ1v) is 7.56. The fraction of sp³-hybridized carbons (Fsp3) is 0.600. The molecule has 6 heteroatoms. The molecule has 0 aromatic carbocycles. The molecule has 21 heavy (non-hydrogen) atoms. The lowest BCUT2D eigenvalue weighted by Crippen LogP contribution is -2.39. The zero-order valence-corrected chi connectivity index (χ0v) is 12.9. The van der Waals surface area contributed by atoms with E-state index in [2.05, 4.69) is 27.7 Å². The Morgan fingerprint density at radius 3 is 3.00 bits per heavy atom. The summed E-state index contributed by atoms with van der Waals surface area (Å²) in [5.41, 5.74) is 3.98. The summed E-state index contributed by atoms with van der Waals surface area (Å²) in [6.07, 6.45) is 3.15. The highest BCUT2D eigenvalue weighted by Crippen LogP contribution is 2.15. The minimum atomic E-state index is -0.0585. The van der Waals surface area contributed by atoms with E-state index in [0.717, 1.165) is 31.7 Å². The third kappa shape index (κ3) is 4.41. The van der Waals surface area contributed by atoms with Gasteiger partial charge in [-0.15, -0.1) is 0 Å². The van der Waals surface area contributed by atoms with Gasteiger partial charge in [-0.05, 0) is 50.9 Å².